The van der Waals surface area contributed by atoms with Crippen LogP contribution >= 0.6 is 11.3 Å². The van der Waals surface area contributed by atoms with Gasteiger partial charge in [-0.15, -0.1) is 21.5 Å². The molecule has 2 aliphatic rings. The lowest BCUT2D eigenvalue weighted by atomic mass is 10.1. The van der Waals surface area contributed by atoms with Crippen molar-refractivity contribution in [3.05, 3.63) is 29.2 Å². The molecule has 4 heterocycles. The molecule has 112 valence electrons. The number of aromatic nitrogens is 3. The van der Waals surface area contributed by atoms with Gasteiger partial charge in [0.05, 0.1) is 0 Å². The van der Waals surface area contributed by atoms with Crippen molar-refractivity contribution in [3.8, 4) is 0 Å². The Morgan fingerprint density at radius 1 is 1.29 bits per heavy atom. The maximum absolute atomic E-state index is 12.9. The van der Waals surface area contributed by atoms with Crippen LogP contribution < -0.4 is 0 Å². The molecule has 8 heteroatoms. The van der Waals surface area contributed by atoms with E-state index in [2.05, 4.69) is 14.8 Å². The van der Waals surface area contributed by atoms with Crippen LogP contribution in [0.1, 0.15) is 24.5 Å². The van der Waals surface area contributed by atoms with E-state index in [1.807, 2.05) is 12.3 Å². The van der Waals surface area contributed by atoms with E-state index in [4.69, 9.17) is 0 Å². The molecule has 0 radical (unpaired) electrons. The summed E-state index contributed by atoms with van der Waals surface area (Å²) in [5.41, 5.74) is 0. The average Bonchev–Trinajstić information content (AvgIpc) is 3.11. The maximum atomic E-state index is 12.9. The van der Waals surface area contributed by atoms with Gasteiger partial charge in [0.15, 0.2) is 0 Å². The lowest BCUT2D eigenvalue weighted by molar-refractivity contribution is 0.315. The summed E-state index contributed by atoms with van der Waals surface area (Å²) < 4.78 is 30.1. The Morgan fingerprint density at radius 3 is 2.86 bits per heavy atom. The van der Waals surface area contributed by atoms with E-state index in [0.717, 1.165) is 24.5 Å². The Bertz CT molecular complexity index is 766. The van der Waals surface area contributed by atoms with Crippen LogP contribution in [0.4, 0.5) is 0 Å². The summed E-state index contributed by atoms with van der Waals surface area (Å²) in [5, 5.41) is 10.1. The minimum Gasteiger partial charge on any atom is -0.314 e. The molecule has 0 spiro atoms. The second kappa shape index (κ2) is 4.62. The molecule has 0 N–H and O–H groups in total. The smallest absolute Gasteiger partial charge is 0.253 e. The van der Waals surface area contributed by atoms with Crippen LogP contribution in [0.3, 0.4) is 0 Å². The predicted octanol–water partition coefficient (Wildman–Crippen LogP) is 1.43. The zero-order valence-corrected chi connectivity index (χ0v) is 13.3. The number of hydrogen-bond acceptors (Lipinski definition) is 5. The molecule has 2 aliphatic heterocycles. The van der Waals surface area contributed by atoms with Gasteiger partial charge in [0.1, 0.15) is 15.9 Å². The van der Waals surface area contributed by atoms with Crippen molar-refractivity contribution in [2.24, 2.45) is 0 Å². The summed E-state index contributed by atoms with van der Waals surface area (Å²) in [5.74, 6) is 1.78. The van der Waals surface area contributed by atoms with E-state index in [1.54, 1.807) is 16.4 Å². The fraction of sp³-hybridized carbons (Fsp3) is 0.538. The number of thiophene rings is 1. The van der Waals surface area contributed by atoms with Crippen molar-refractivity contribution >= 4 is 21.4 Å². The third kappa shape index (κ3) is 1.96. The van der Waals surface area contributed by atoms with Gasteiger partial charge in [0.2, 0.25) is 0 Å². The Hall–Kier alpha value is -1.25. The SMILES string of the molecule is Cc1nnc2n1CC1CCC(C2)N1S(=O)(=O)c1cccs1. The largest absolute Gasteiger partial charge is 0.314 e. The molecular formula is C13H16N4O2S2. The van der Waals surface area contributed by atoms with Crippen LogP contribution in [0.25, 0.3) is 0 Å². The first-order valence-electron chi connectivity index (χ1n) is 7.03. The first-order valence-corrected chi connectivity index (χ1v) is 9.35. The van der Waals surface area contributed by atoms with Gasteiger partial charge in [-0.3, -0.25) is 0 Å². The molecule has 2 aromatic rings. The molecule has 0 saturated carbocycles. The van der Waals surface area contributed by atoms with Gasteiger partial charge in [-0.1, -0.05) is 6.07 Å². The molecule has 4 rings (SSSR count). The van der Waals surface area contributed by atoms with Crippen LogP contribution in [0.2, 0.25) is 0 Å². The van der Waals surface area contributed by atoms with Gasteiger partial charge in [0.25, 0.3) is 10.0 Å². The van der Waals surface area contributed by atoms with Gasteiger partial charge < -0.3 is 4.57 Å². The van der Waals surface area contributed by atoms with Crippen molar-refractivity contribution < 1.29 is 8.42 Å². The summed E-state index contributed by atoms with van der Waals surface area (Å²) in [4.78, 5) is 0. The second-order valence-corrected chi connectivity index (χ2v) is 8.65. The number of aryl methyl sites for hydroxylation is 1. The molecule has 2 bridgehead atoms. The molecule has 1 fully saturated rings. The summed E-state index contributed by atoms with van der Waals surface area (Å²) in [6, 6.07) is 3.50. The van der Waals surface area contributed by atoms with Gasteiger partial charge in [0, 0.05) is 25.0 Å². The lowest BCUT2D eigenvalue weighted by Gasteiger charge is -2.26. The fourth-order valence-corrected chi connectivity index (χ4v) is 6.40. The Kier molecular flexibility index (Phi) is 2.95. The molecular weight excluding hydrogens is 308 g/mol. The van der Waals surface area contributed by atoms with E-state index in [0.29, 0.717) is 17.2 Å². The molecule has 0 aromatic carbocycles. The lowest BCUT2D eigenvalue weighted by Crippen LogP contribution is -2.41. The standard InChI is InChI=1S/C13H16N4O2S2/c1-9-14-15-12-7-10-4-5-11(8-16(9)12)17(10)21(18,19)13-3-2-6-20-13/h2-3,6,10-11H,4-5,7-8H2,1H3. The first-order chi connectivity index (χ1) is 10.1. The van der Waals surface area contributed by atoms with Gasteiger partial charge >= 0.3 is 0 Å². The highest BCUT2D eigenvalue weighted by atomic mass is 32.2. The predicted molar refractivity (Wildman–Crippen MR) is 78.6 cm³/mol. The van der Waals surface area contributed by atoms with E-state index < -0.39 is 10.0 Å². The van der Waals surface area contributed by atoms with Crippen molar-refractivity contribution in [2.75, 3.05) is 0 Å². The van der Waals surface area contributed by atoms with Crippen molar-refractivity contribution in [1.29, 1.82) is 0 Å². The van der Waals surface area contributed by atoms with Crippen LogP contribution in [-0.2, 0) is 23.0 Å². The Morgan fingerprint density at radius 2 is 2.10 bits per heavy atom. The highest BCUT2D eigenvalue weighted by Gasteiger charge is 2.45. The van der Waals surface area contributed by atoms with Crippen LogP contribution in [-0.4, -0.2) is 39.6 Å². The summed E-state index contributed by atoms with van der Waals surface area (Å²) in [7, 11) is -3.40. The Balaban J connectivity index is 1.76. The fourth-order valence-electron chi connectivity index (χ4n) is 3.44. The van der Waals surface area contributed by atoms with Crippen molar-refractivity contribution in [2.45, 2.75) is 49.0 Å². The third-order valence-corrected chi connectivity index (χ3v) is 7.78. The van der Waals surface area contributed by atoms with Crippen LogP contribution in [0.5, 0.6) is 0 Å². The number of sulfonamides is 1. The van der Waals surface area contributed by atoms with Crippen LogP contribution in [0, 0.1) is 6.92 Å². The molecule has 6 nitrogen and oxygen atoms in total. The zero-order valence-electron chi connectivity index (χ0n) is 11.6. The van der Waals surface area contributed by atoms with E-state index in [-0.39, 0.29) is 12.1 Å². The number of rotatable bonds is 2. The summed E-state index contributed by atoms with van der Waals surface area (Å²) >= 11 is 1.29. The molecule has 2 unspecified atom stereocenters. The van der Waals surface area contributed by atoms with Gasteiger partial charge in [-0.25, -0.2) is 8.42 Å². The summed E-state index contributed by atoms with van der Waals surface area (Å²) in [6.07, 6.45) is 2.47. The Labute approximate surface area is 127 Å². The molecule has 2 aromatic heterocycles. The quantitative estimate of drug-likeness (QED) is 0.838. The average molecular weight is 324 g/mol. The summed E-state index contributed by atoms with van der Waals surface area (Å²) in [6.45, 7) is 2.59. The molecule has 2 atom stereocenters. The maximum Gasteiger partial charge on any atom is 0.253 e. The second-order valence-electron chi connectivity index (χ2n) is 5.63. The minimum atomic E-state index is -3.40. The number of hydrogen-bond donors (Lipinski definition) is 0. The number of fused-ring (bicyclic) bond motifs is 3. The van der Waals surface area contributed by atoms with Gasteiger partial charge in [-0.05, 0) is 31.2 Å². The van der Waals surface area contributed by atoms with Crippen molar-refractivity contribution in [3.63, 3.8) is 0 Å². The molecule has 0 aliphatic carbocycles. The monoisotopic (exact) mass is 324 g/mol. The van der Waals surface area contributed by atoms with Gasteiger partial charge in [-0.2, -0.15) is 4.31 Å². The zero-order chi connectivity index (χ0) is 14.6. The highest BCUT2D eigenvalue weighted by Crippen LogP contribution is 2.37. The molecule has 21 heavy (non-hydrogen) atoms. The third-order valence-electron chi connectivity index (χ3n) is 4.40. The van der Waals surface area contributed by atoms with Crippen LogP contribution in [0.15, 0.2) is 21.7 Å². The molecule has 0 amide bonds. The normalized spacial score (nSPS) is 25.8. The topological polar surface area (TPSA) is 68.1 Å². The van der Waals surface area contributed by atoms with E-state index >= 15 is 0 Å². The number of nitrogens with zero attached hydrogens (tertiary/aromatic N) is 4. The highest BCUT2D eigenvalue weighted by molar-refractivity contribution is 7.91. The molecule has 1 saturated heterocycles. The minimum absolute atomic E-state index is 0.00644. The van der Waals surface area contributed by atoms with E-state index in [9.17, 15) is 8.42 Å². The van der Waals surface area contributed by atoms with Crippen molar-refractivity contribution in [1.82, 2.24) is 19.1 Å². The van der Waals surface area contributed by atoms with E-state index in [1.165, 1.54) is 11.3 Å². The first kappa shape index (κ1) is 13.4.